The molecule has 1 fully saturated rings. The van der Waals surface area contributed by atoms with Crippen molar-refractivity contribution in [3.63, 3.8) is 0 Å². The first-order valence-electron chi connectivity index (χ1n) is 6.57. The van der Waals surface area contributed by atoms with Crippen molar-refractivity contribution in [1.29, 1.82) is 0 Å². The van der Waals surface area contributed by atoms with Crippen LogP contribution in [0.3, 0.4) is 0 Å². The molecule has 2 N–H and O–H groups in total. The van der Waals surface area contributed by atoms with Crippen LogP contribution in [0.25, 0.3) is 0 Å². The first kappa shape index (κ1) is 15.4. The molecule has 0 aromatic heterocycles. The van der Waals surface area contributed by atoms with E-state index in [2.05, 4.69) is 13.8 Å². The van der Waals surface area contributed by atoms with Gasteiger partial charge in [-0.25, -0.2) is 0 Å². The molecule has 1 unspecified atom stereocenters. The molecule has 0 aromatic rings. The van der Waals surface area contributed by atoms with Crippen LogP contribution in [0.4, 0.5) is 0 Å². The molecule has 0 aliphatic carbocycles. The van der Waals surface area contributed by atoms with Crippen LogP contribution < -0.4 is 5.73 Å². The van der Waals surface area contributed by atoms with Gasteiger partial charge >= 0.3 is 0 Å². The summed E-state index contributed by atoms with van der Waals surface area (Å²) in [6, 6.07) is 0.180. The molecule has 1 atom stereocenters. The molecule has 1 saturated heterocycles. The molecular weight excluding hydrogens is 232 g/mol. The number of hydrogen-bond donors (Lipinski definition) is 1. The number of nitrogens with two attached hydrogens (primary N) is 1. The molecule has 0 aromatic carbocycles. The molecule has 0 radical (unpaired) electrons. The van der Waals surface area contributed by atoms with Crippen LogP contribution in [0.2, 0.25) is 0 Å². The second-order valence-corrected chi connectivity index (χ2v) is 5.55. The molecule has 0 spiro atoms. The Balaban J connectivity index is 2.26. The van der Waals surface area contributed by atoms with Crippen molar-refractivity contribution in [2.24, 2.45) is 11.1 Å². The van der Waals surface area contributed by atoms with E-state index in [0.717, 1.165) is 19.5 Å². The summed E-state index contributed by atoms with van der Waals surface area (Å²) in [6.45, 7) is 7.32. The van der Waals surface area contributed by atoms with E-state index in [0.29, 0.717) is 26.2 Å². The Labute approximate surface area is 110 Å². The van der Waals surface area contributed by atoms with E-state index in [9.17, 15) is 4.79 Å². The normalized spacial score (nSPS) is 23.1. The van der Waals surface area contributed by atoms with Crippen molar-refractivity contribution in [3.8, 4) is 0 Å². The van der Waals surface area contributed by atoms with Crippen LogP contribution in [0.1, 0.15) is 26.7 Å². The molecule has 0 saturated carbocycles. The summed E-state index contributed by atoms with van der Waals surface area (Å²) in [5, 5.41) is 0. The predicted octanol–water partition coefficient (Wildman–Crippen LogP) is 0.625. The van der Waals surface area contributed by atoms with Crippen molar-refractivity contribution in [1.82, 2.24) is 4.90 Å². The zero-order chi connectivity index (χ0) is 13.6. The van der Waals surface area contributed by atoms with Gasteiger partial charge in [-0.2, -0.15) is 0 Å². The minimum Gasteiger partial charge on any atom is -0.382 e. The number of carbonyl (C=O) groups is 1. The summed E-state index contributed by atoms with van der Waals surface area (Å²) in [4.78, 5) is 13.9. The third kappa shape index (κ3) is 4.55. The fraction of sp³-hybridized carbons (Fsp3) is 0.923. The number of rotatable bonds is 6. The molecule has 106 valence electrons. The fourth-order valence-electron chi connectivity index (χ4n) is 2.15. The summed E-state index contributed by atoms with van der Waals surface area (Å²) in [7, 11) is 1.63. The quantitative estimate of drug-likeness (QED) is 0.710. The minimum atomic E-state index is 0.00478. The zero-order valence-corrected chi connectivity index (χ0v) is 11.8. The number of methoxy groups -OCH3 is 1. The van der Waals surface area contributed by atoms with Gasteiger partial charge < -0.3 is 20.1 Å². The Hall–Kier alpha value is -0.650. The van der Waals surface area contributed by atoms with Gasteiger partial charge in [0.05, 0.1) is 26.2 Å². The molecule has 1 amide bonds. The molecule has 1 aliphatic heterocycles. The lowest BCUT2D eigenvalue weighted by molar-refractivity contribution is -0.135. The molecule has 0 bridgehead atoms. The number of nitrogens with zero attached hydrogens (tertiary/aromatic N) is 1. The Morgan fingerprint density at radius 2 is 2.11 bits per heavy atom. The van der Waals surface area contributed by atoms with Crippen molar-refractivity contribution in [3.05, 3.63) is 0 Å². The number of carbonyl (C=O) groups excluding carboxylic acids is 1. The third-order valence-electron chi connectivity index (χ3n) is 3.56. The van der Waals surface area contributed by atoms with E-state index in [1.807, 2.05) is 4.90 Å². The summed E-state index contributed by atoms with van der Waals surface area (Å²) < 4.78 is 10.2. The van der Waals surface area contributed by atoms with Crippen LogP contribution >= 0.6 is 0 Å². The lowest BCUT2D eigenvalue weighted by atomic mass is 9.79. The largest absolute Gasteiger partial charge is 0.382 e. The lowest BCUT2D eigenvalue weighted by Gasteiger charge is -2.42. The molecule has 1 aliphatic rings. The van der Waals surface area contributed by atoms with Gasteiger partial charge in [0, 0.05) is 26.2 Å². The van der Waals surface area contributed by atoms with Gasteiger partial charge in [-0.1, -0.05) is 13.8 Å². The monoisotopic (exact) mass is 258 g/mol. The van der Waals surface area contributed by atoms with Crippen LogP contribution in [-0.2, 0) is 14.3 Å². The number of piperidine rings is 1. The standard InChI is InChI=1S/C13H26N2O3/c1-13(2)10-15(6-4-11(13)14)12(16)5-7-18-9-8-17-3/h11H,4-10,14H2,1-3H3. The first-order chi connectivity index (χ1) is 8.47. The van der Waals surface area contributed by atoms with Crippen LogP contribution in [0.15, 0.2) is 0 Å². The molecule has 5 heteroatoms. The number of hydrogen-bond acceptors (Lipinski definition) is 4. The topological polar surface area (TPSA) is 64.8 Å². The third-order valence-corrected chi connectivity index (χ3v) is 3.56. The smallest absolute Gasteiger partial charge is 0.224 e. The van der Waals surface area contributed by atoms with Gasteiger partial charge in [-0.15, -0.1) is 0 Å². The number of likely N-dealkylation sites (tertiary alicyclic amines) is 1. The zero-order valence-electron chi connectivity index (χ0n) is 11.8. The fourth-order valence-corrected chi connectivity index (χ4v) is 2.15. The van der Waals surface area contributed by atoms with E-state index < -0.39 is 0 Å². The van der Waals surface area contributed by atoms with Crippen LogP contribution in [-0.4, -0.2) is 56.9 Å². The predicted molar refractivity (Wildman–Crippen MR) is 70.3 cm³/mol. The van der Waals surface area contributed by atoms with Gasteiger partial charge in [0.25, 0.3) is 0 Å². The van der Waals surface area contributed by atoms with Gasteiger partial charge in [0.2, 0.25) is 5.91 Å². The van der Waals surface area contributed by atoms with E-state index >= 15 is 0 Å². The van der Waals surface area contributed by atoms with Crippen LogP contribution in [0.5, 0.6) is 0 Å². The van der Waals surface area contributed by atoms with Gasteiger partial charge in [-0.3, -0.25) is 4.79 Å². The van der Waals surface area contributed by atoms with Crippen molar-refractivity contribution in [2.45, 2.75) is 32.7 Å². The average molecular weight is 258 g/mol. The van der Waals surface area contributed by atoms with E-state index in [4.69, 9.17) is 15.2 Å². The highest BCUT2D eigenvalue weighted by molar-refractivity contribution is 5.76. The van der Waals surface area contributed by atoms with Crippen molar-refractivity contribution < 1.29 is 14.3 Å². The second-order valence-electron chi connectivity index (χ2n) is 5.55. The maximum absolute atomic E-state index is 12.0. The average Bonchev–Trinajstić information content (AvgIpc) is 2.32. The first-order valence-corrected chi connectivity index (χ1v) is 6.57. The van der Waals surface area contributed by atoms with Gasteiger partial charge in [0.15, 0.2) is 0 Å². The maximum Gasteiger partial charge on any atom is 0.224 e. The molecular formula is C13H26N2O3. The van der Waals surface area contributed by atoms with Crippen molar-refractivity contribution >= 4 is 5.91 Å². The lowest BCUT2D eigenvalue weighted by Crippen LogP contribution is -2.54. The highest BCUT2D eigenvalue weighted by Crippen LogP contribution is 2.27. The van der Waals surface area contributed by atoms with Crippen LogP contribution in [0, 0.1) is 5.41 Å². The van der Waals surface area contributed by atoms with E-state index in [1.165, 1.54) is 0 Å². The molecule has 18 heavy (non-hydrogen) atoms. The summed E-state index contributed by atoms with van der Waals surface area (Å²) in [6.07, 6.45) is 1.32. The van der Waals surface area contributed by atoms with Gasteiger partial charge in [0.1, 0.15) is 0 Å². The van der Waals surface area contributed by atoms with E-state index in [-0.39, 0.29) is 17.4 Å². The number of amides is 1. The molecule has 5 nitrogen and oxygen atoms in total. The maximum atomic E-state index is 12.0. The van der Waals surface area contributed by atoms with Crippen molar-refractivity contribution in [2.75, 3.05) is 40.0 Å². The SMILES string of the molecule is COCCOCCC(=O)N1CCC(N)C(C)(C)C1. The number of ether oxygens (including phenoxy) is 2. The Morgan fingerprint density at radius 3 is 2.72 bits per heavy atom. The summed E-state index contributed by atoms with van der Waals surface area (Å²) >= 11 is 0. The Bertz CT molecular complexity index is 269. The second kappa shape index (κ2) is 7.07. The highest BCUT2D eigenvalue weighted by Gasteiger charge is 2.34. The summed E-state index contributed by atoms with van der Waals surface area (Å²) in [5.74, 6) is 0.160. The van der Waals surface area contributed by atoms with Gasteiger partial charge in [-0.05, 0) is 11.8 Å². The molecule has 1 rings (SSSR count). The highest BCUT2D eigenvalue weighted by atomic mass is 16.5. The summed E-state index contributed by atoms with van der Waals surface area (Å²) in [5.41, 5.74) is 6.06. The minimum absolute atomic E-state index is 0.00478. The molecule has 1 heterocycles. The Kier molecular flexibility index (Phi) is 6.05. The van der Waals surface area contributed by atoms with E-state index in [1.54, 1.807) is 7.11 Å². The Morgan fingerprint density at radius 1 is 1.39 bits per heavy atom.